The van der Waals surface area contributed by atoms with E-state index < -0.39 is 28.9 Å². The highest BCUT2D eigenvalue weighted by Gasteiger charge is 2.35. The van der Waals surface area contributed by atoms with E-state index in [-0.39, 0.29) is 11.3 Å². The van der Waals surface area contributed by atoms with Crippen LogP contribution in [0.3, 0.4) is 0 Å². The van der Waals surface area contributed by atoms with Crippen LogP contribution in [0.2, 0.25) is 0 Å². The molecule has 0 N–H and O–H groups in total. The van der Waals surface area contributed by atoms with Gasteiger partial charge in [-0.3, -0.25) is 0 Å². The molecule has 0 saturated heterocycles. The Balaban J connectivity index is 1.95. The number of halogens is 3. The van der Waals surface area contributed by atoms with Crippen LogP contribution in [0.15, 0.2) is 63.8 Å². The molecule has 0 spiro atoms. The Bertz CT molecular complexity index is 973. The summed E-state index contributed by atoms with van der Waals surface area (Å²) in [5.74, 6) is -1.18. The lowest BCUT2D eigenvalue weighted by atomic mass is 10.1. The Kier molecular flexibility index (Phi) is 3.84. The van der Waals surface area contributed by atoms with Crippen LogP contribution in [-0.2, 0) is 6.18 Å². The molecule has 3 rings (SSSR count). The molecule has 4 nitrogen and oxygen atoms in total. The first-order valence-corrected chi connectivity index (χ1v) is 6.77. The van der Waals surface area contributed by atoms with Gasteiger partial charge in [-0.25, -0.2) is 9.59 Å². The van der Waals surface area contributed by atoms with E-state index >= 15 is 0 Å². The molecule has 0 unspecified atom stereocenters. The lowest BCUT2D eigenvalue weighted by Gasteiger charge is -2.12. The Morgan fingerprint density at radius 2 is 1.71 bits per heavy atom. The third-order valence-electron chi connectivity index (χ3n) is 3.26. The molecule has 122 valence electrons. The van der Waals surface area contributed by atoms with E-state index in [9.17, 15) is 22.8 Å². The van der Waals surface area contributed by atoms with Crippen LogP contribution < -0.4 is 10.4 Å². The van der Waals surface area contributed by atoms with E-state index in [0.29, 0.717) is 5.39 Å². The fourth-order valence-corrected chi connectivity index (χ4v) is 2.17. The molecule has 1 heterocycles. The number of fused-ring (bicyclic) bond motifs is 1. The van der Waals surface area contributed by atoms with Crippen LogP contribution in [0, 0.1) is 0 Å². The smallest absolute Gasteiger partial charge is 0.417 e. The molecule has 24 heavy (non-hydrogen) atoms. The number of rotatable bonds is 2. The highest BCUT2D eigenvalue weighted by molar-refractivity contribution is 5.93. The minimum Gasteiger partial charge on any atom is -0.423 e. The first kappa shape index (κ1) is 15.8. The molecule has 7 heteroatoms. The third-order valence-corrected chi connectivity index (χ3v) is 3.26. The van der Waals surface area contributed by atoms with E-state index in [1.54, 1.807) is 0 Å². The van der Waals surface area contributed by atoms with Gasteiger partial charge in [0.1, 0.15) is 11.3 Å². The van der Waals surface area contributed by atoms with Crippen molar-refractivity contribution in [3.8, 4) is 5.75 Å². The van der Waals surface area contributed by atoms with E-state index in [1.807, 2.05) is 0 Å². The summed E-state index contributed by atoms with van der Waals surface area (Å²) in [4.78, 5) is 23.3. The van der Waals surface area contributed by atoms with Crippen molar-refractivity contribution in [2.45, 2.75) is 6.18 Å². The zero-order valence-corrected chi connectivity index (χ0v) is 12.0. The summed E-state index contributed by atoms with van der Waals surface area (Å²) in [6.07, 6.45) is -4.67. The van der Waals surface area contributed by atoms with Gasteiger partial charge >= 0.3 is 17.8 Å². The summed E-state index contributed by atoms with van der Waals surface area (Å²) in [6, 6.07) is 11.3. The van der Waals surface area contributed by atoms with Gasteiger partial charge in [-0.15, -0.1) is 0 Å². The van der Waals surface area contributed by atoms with E-state index in [4.69, 9.17) is 9.15 Å². The number of hydrogen-bond donors (Lipinski definition) is 0. The van der Waals surface area contributed by atoms with Gasteiger partial charge in [0.15, 0.2) is 0 Å². The number of carbonyl (C=O) groups is 1. The van der Waals surface area contributed by atoms with Gasteiger partial charge in [-0.2, -0.15) is 13.2 Å². The van der Waals surface area contributed by atoms with Crippen LogP contribution in [0.5, 0.6) is 5.75 Å². The third kappa shape index (κ3) is 3.15. The molecule has 0 aliphatic rings. The summed E-state index contributed by atoms with van der Waals surface area (Å²) in [6.45, 7) is 0. The zero-order valence-electron chi connectivity index (χ0n) is 12.0. The van der Waals surface area contributed by atoms with Crippen LogP contribution in [0.1, 0.15) is 15.9 Å². The van der Waals surface area contributed by atoms with Crippen molar-refractivity contribution < 1.29 is 27.1 Å². The molecular formula is C17H9F3O4. The number of esters is 1. The second kappa shape index (κ2) is 5.84. The maximum Gasteiger partial charge on any atom is 0.417 e. The fraction of sp³-hybridized carbons (Fsp3) is 0.0588. The highest BCUT2D eigenvalue weighted by atomic mass is 19.4. The van der Waals surface area contributed by atoms with E-state index in [2.05, 4.69) is 0 Å². The van der Waals surface area contributed by atoms with Gasteiger partial charge < -0.3 is 9.15 Å². The standard InChI is InChI=1S/C17H9F3O4/c18-17(19,20)13-4-2-1-3-12(13)16(22)23-11-7-5-10-6-8-15(21)24-14(10)9-11/h1-9H. The Morgan fingerprint density at radius 1 is 1.00 bits per heavy atom. The van der Waals surface area contributed by atoms with Crippen LogP contribution >= 0.6 is 0 Å². The molecule has 3 aromatic rings. The molecule has 0 aliphatic heterocycles. The molecule has 2 aromatic carbocycles. The average molecular weight is 334 g/mol. The number of alkyl halides is 3. The highest BCUT2D eigenvalue weighted by Crippen LogP contribution is 2.32. The molecule has 0 saturated carbocycles. The van der Waals surface area contributed by atoms with Crippen LogP contribution in [0.4, 0.5) is 13.2 Å². The zero-order chi connectivity index (χ0) is 17.3. The topological polar surface area (TPSA) is 56.5 Å². The second-order valence-corrected chi connectivity index (χ2v) is 4.89. The van der Waals surface area contributed by atoms with Crippen molar-refractivity contribution in [3.05, 3.63) is 76.1 Å². The van der Waals surface area contributed by atoms with Crippen molar-refractivity contribution in [2.24, 2.45) is 0 Å². The molecule has 0 aliphatic carbocycles. The van der Waals surface area contributed by atoms with Crippen molar-refractivity contribution in [1.29, 1.82) is 0 Å². The first-order chi connectivity index (χ1) is 11.3. The number of hydrogen-bond acceptors (Lipinski definition) is 4. The summed E-state index contributed by atoms with van der Waals surface area (Å²) < 4.78 is 48.8. The summed E-state index contributed by atoms with van der Waals surface area (Å²) in [7, 11) is 0. The largest absolute Gasteiger partial charge is 0.423 e. The Morgan fingerprint density at radius 3 is 2.46 bits per heavy atom. The van der Waals surface area contributed by atoms with Gasteiger partial charge in [0, 0.05) is 17.5 Å². The van der Waals surface area contributed by atoms with E-state index in [0.717, 1.165) is 12.1 Å². The molecule has 1 aromatic heterocycles. The summed E-state index contributed by atoms with van der Waals surface area (Å²) in [5, 5.41) is 0.588. The molecule has 0 fully saturated rings. The maximum atomic E-state index is 12.9. The predicted octanol–water partition coefficient (Wildman–Crippen LogP) is 4.03. The normalized spacial score (nSPS) is 11.5. The van der Waals surface area contributed by atoms with Crippen LogP contribution in [0.25, 0.3) is 11.0 Å². The van der Waals surface area contributed by atoms with Gasteiger partial charge in [0.25, 0.3) is 0 Å². The lowest BCUT2D eigenvalue weighted by Crippen LogP contribution is -2.16. The molecular weight excluding hydrogens is 325 g/mol. The molecule has 0 amide bonds. The predicted molar refractivity (Wildman–Crippen MR) is 78.9 cm³/mol. The van der Waals surface area contributed by atoms with Gasteiger partial charge in [0.05, 0.1) is 11.1 Å². The van der Waals surface area contributed by atoms with Gasteiger partial charge in [-0.1, -0.05) is 12.1 Å². The molecule has 0 bridgehead atoms. The molecule has 0 radical (unpaired) electrons. The minimum absolute atomic E-state index is 0.0289. The second-order valence-electron chi connectivity index (χ2n) is 4.89. The van der Waals surface area contributed by atoms with Crippen molar-refractivity contribution in [2.75, 3.05) is 0 Å². The maximum absolute atomic E-state index is 12.9. The SMILES string of the molecule is O=C(Oc1ccc2ccc(=O)oc2c1)c1ccccc1C(F)(F)F. The Hall–Kier alpha value is -3.09. The summed E-state index contributed by atoms with van der Waals surface area (Å²) in [5.41, 5.74) is -2.10. The van der Waals surface area contributed by atoms with Crippen molar-refractivity contribution in [3.63, 3.8) is 0 Å². The number of benzene rings is 2. The first-order valence-electron chi connectivity index (χ1n) is 6.77. The monoisotopic (exact) mass is 334 g/mol. The number of carbonyl (C=O) groups excluding carboxylic acids is 1. The van der Waals surface area contributed by atoms with Gasteiger partial charge in [0.2, 0.25) is 0 Å². The minimum atomic E-state index is -4.67. The van der Waals surface area contributed by atoms with Crippen molar-refractivity contribution >= 4 is 16.9 Å². The van der Waals surface area contributed by atoms with Crippen molar-refractivity contribution in [1.82, 2.24) is 0 Å². The van der Waals surface area contributed by atoms with Crippen LogP contribution in [-0.4, -0.2) is 5.97 Å². The molecule has 0 atom stereocenters. The fourth-order valence-electron chi connectivity index (χ4n) is 2.17. The Labute approximate surface area is 133 Å². The lowest BCUT2D eigenvalue weighted by molar-refractivity contribution is -0.138. The van der Waals surface area contributed by atoms with Gasteiger partial charge in [-0.05, 0) is 30.3 Å². The summed E-state index contributed by atoms with van der Waals surface area (Å²) >= 11 is 0. The average Bonchev–Trinajstić information content (AvgIpc) is 2.53. The quantitative estimate of drug-likeness (QED) is 0.403. The van der Waals surface area contributed by atoms with E-state index in [1.165, 1.54) is 42.5 Å². The number of ether oxygens (including phenoxy) is 1.